The summed E-state index contributed by atoms with van der Waals surface area (Å²) in [7, 11) is 0. The van der Waals surface area contributed by atoms with Crippen LogP contribution in [0.15, 0.2) is 23.1 Å². The molecule has 0 spiro atoms. The van der Waals surface area contributed by atoms with Gasteiger partial charge in [0.05, 0.1) is 5.56 Å². The van der Waals surface area contributed by atoms with Gasteiger partial charge in [0.2, 0.25) is 0 Å². The Hall–Kier alpha value is -1.16. The Morgan fingerprint density at radius 3 is 2.69 bits per heavy atom. The van der Waals surface area contributed by atoms with Crippen LogP contribution in [0.2, 0.25) is 0 Å². The van der Waals surface area contributed by atoms with E-state index in [0.717, 1.165) is 17.1 Å². The van der Waals surface area contributed by atoms with Crippen LogP contribution in [0.3, 0.4) is 0 Å². The van der Waals surface area contributed by atoms with Gasteiger partial charge in [0.25, 0.3) is 5.91 Å². The minimum absolute atomic E-state index is 0.412. The van der Waals surface area contributed by atoms with Crippen molar-refractivity contribution in [3.63, 3.8) is 0 Å². The molecule has 88 valence electrons. The van der Waals surface area contributed by atoms with Gasteiger partial charge in [-0.2, -0.15) is 0 Å². The van der Waals surface area contributed by atoms with E-state index in [2.05, 4.69) is 13.8 Å². The highest BCUT2D eigenvalue weighted by Crippen LogP contribution is 2.24. The molecule has 1 rings (SSSR count). The SMILES string of the molecule is CC(C)CCSc1ccc(N)c(C(N)=O)c1. The number of rotatable bonds is 5. The van der Waals surface area contributed by atoms with Crippen LogP contribution in [0.4, 0.5) is 5.69 Å². The maximum atomic E-state index is 11.1. The van der Waals surface area contributed by atoms with Crippen LogP contribution in [-0.2, 0) is 0 Å². The van der Waals surface area contributed by atoms with Crippen LogP contribution in [-0.4, -0.2) is 11.7 Å². The summed E-state index contributed by atoms with van der Waals surface area (Å²) in [6.07, 6.45) is 1.15. The normalized spacial score (nSPS) is 10.7. The van der Waals surface area contributed by atoms with Gasteiger partial charge in [0, 0.05) is 10.6 Å². The van der Waals surface area contributed by atoms with E-state index >= 15 is 0 Å². The first-order chi connectivity index (χ1) is 7.50. The molecule has 0 aromatic heterocycles. The highest BCUT2D eigenvalue weighted by atomic mass is 32.2. The molecule has 0 saturated heterocycles. The van der Waals surface area contributed by atoms with E-state index in [1.54, 1.807) is 23.9 Å². The molecule has 0 aliphatic carbocycles. The van der Waals surface area contributed by atoms with E-state index in [1.807, 2.05) is 6.07 Å². The summed E-state index contributed by atoms with van der Waals surface area (Å²) >= 11 is 1.73. The lowest BCUT2D eigenvalue weighted by Gasteiger charge is -2.07. The average Bonchev–Trinajstić information content (AvgIpc) is 2.19. The third kappa shape index (κ3) is 3.77. The Balaban J connectivity index is 2.68. The monoisotopic (exact) mass is 238 g/mol. The van der Waals surface area contributed by atoms with Crippen molar-refractivity contribution in [3.05, 3.63) is 23.8 Å². The summed E-state index contributed by atoms with van der Waals surface area (Å²) in [5.41, 5.74) is 11.7. The fraction of sp³-hybridized carbons (Fsp3) is 0.417. The van der Waals surface area contributed by atoms with E-state index in [4.69, 9.17) is 11.5 Å². The number of hydrogen-bond acceptors (Lipinski definition) is 3. The third-order valence-corrected chi connectivity index (χ3v) is 3.28. The van der Waals surface area contributed by atoms with Gasteiger partial charge < -0.3 is 11.5 Å². The second-order valence-corrected chi connectivity index (χ2v) is 5.31. The Kier molecular flexibility index (Phi) is 4.68. The summed E-state index contributed by atoms with van der Waals surface area (Å²) < 4.78 is 0. The number of thioether (sulfide) groups is 1. The number of primary amides is 1. The van der Waals surface area contributed by atoms with Gasteiger partial charge >= 0.3 is 0 Å². The predicted octanol–water partition coefficient (Wildman–Crippen LogP) is 2.51. The fourth-order valence-electron chi connectivity index (χ4n) is 1.25. The molecule has 0 bridgehead atoms. The number of carbonyl (C=O) groups is 1. The predicted molar refractivity (Wildman–Crippen MR) is 69.6 cm³/mol. The van der Waals surface area contributed by atoms with Crippen molar-refractivity contribution in [1.29, 1.82) is 0 Å². The zero-order chi connectivity index (χ0) is 12.1. The van der Waals surface area contributed by atoms with Crippen molar-refractivity contribution in [2.45, 2.75) is 25.2 Å². The molecule has 0 saturated carbocycles. The molecule has 0 fully saturated rings. The molecule has 0 heterocycles. The zero-order valence-electron chi connectivity index (χ0n) is 9.69. The Morgan fingerprint density at radius 1 is 1.44 bits per heavy atom. The minimum Gasteiger partial charge on any atom is -0.398 e. The molecule has 0 aliphatic rings. The van der Waals surface area contributed by atoms with Crippen LogP contribution >= 0.6 is 11.8 Å². The van der Waals surface area contributed by atoms with E-state index in [-0.39, 0.29) is 0 Å². The summed E-state index contributed by atoms with van der Waals surface area (Å²) in [6.45, 7) is 4.39. The lowest BCUT2D eigenvalue weighted by molar-refractivity contribution is 0.100. The van der Waals surface area contributed by atoms with E-state index < -0.39 is 5.91 Å². The lowest BCUT2D eigenvalue weighted by atomic mass is 10.2. The van der Waals surface area contributed by atoms with E-state index in [0.29, 0.717) is 17.2 Å². The van der Waals surface area contributed by atoms with Crippen LogP contribution < -0.4 is 11.5 Å². The number of nitrogens with two attached hydrogens (primary N) is 2. The van der Waals surface area contributed by atoms with Crippen LogP contribution in [0.25, 0.3) is 0 Å². The standard InChI is InChI=1S/C12H18N2OS/c1-8(2)5-6-16-9-3-4-11(13)10(7-9)12(14)15/h3-4,7-8H,5-6,13H2,1-2H3,(H2,14,15). The number of anilines is 1. The average molecular weight is 238 g/mol. The molecule has 0 radical (unpaired) electrons. The Labute approximate surface area is 101 Å². The molecule has 16 heavy (non-hydrogen) atoms. The molecule has 4 N–H and O–H groups in total. The van der Waals surface area contributed by atoms with Gasteiger partial charge in [-0.15, -0.1) is 11.8 Å². The first-order valence-electron chi connectivity index (χ1n) is 5.33. The van der Waals surface area contributed by atoms with Crippen molar-refractivity contribution < 1.29 is 4.79 Å². The van der Waals surface area contributed by atoms with Crippen molar-refractivity contribution in [3.8, 4) is 0 Å². The van der Waals surface area contributed by atoms with Crippen molar-refractivity contribution in [2.24, 2.45) is 11.7 Å². The first kappa shape index (κ1) is 12.9. The smallest absolute Gasteiger partial charge is 0.250 e. The number of carbonyl (C=O) groups excluding carboxylic acids is 1. The molecule has 0 atom stereocenters. The Bertz CT molecular complexity index is 377. The number of amides is 1. The largest absolute Gasteiger partial charge is 0.398 e. The van der Waals surface area contributed by atoms with Crippen molar-refractivity contribution in [1.82, 2.24) is 0 Å². The highest BCUT2D eigenvalue weighted by Gasteiger charge is 2.07. The highest BCUT2D eigenvalue weighted by molar-refractivity contribution is 7.99. The van der Waals surface area contributed by atoms with Gasteiger partial charge in [0.1, 0.15) is 0 Å². The molecule has 0 aliphatic heterocycles. The maximum Gasteiger partial charge on any atom is 0.250 e. The van der Waals surface area contributed by atoms with Crippen molar-refractivity contribution in [2.75, 3.05) is 11.5 Å². The summed E-state index contributed by atoms with van der Waals surface area (Å²) in [5, 5.41) is 0. The molecule has 4 heteroatoms. The summed E-state index contributed by atoms with van der Waals surface area (Å²) in [6, 6.07) is 5.42. The lowest BCUT2D eigenvalue weighted by Crippen LogP contribution is -2.13. The summed E-state index contributed by atoms with van der Waals surface area (Å²) in [4.78, 5) is 12.1. The molecule has 1 aromatic carbocycles. The maximum absolute atomic E-state index is 11.1. The molecule has 1 aromatic rings. The van der Waals surface area contributed by atoms with Gasteiger partial charge in [-0.25, -0.2) is 0 Å². The Morgan fingerprint density at radius 2 is 2.12 bits per heavy atom. The molecular formula is C12H18N2OS. The van der Waals surface area contributed by atoms with E-state index in [9.17, 15) is 4.79 Å². The number of hydrogen-bond donors (Lipinski definition) is 2. The minimum atomic E-state index is -0.469. The van der Waals surface area contributed by atoms with Gasteiger partial charge in [-0.05, 0) is 36.3 Å². The molecule has 1 amide bonds. The van der Waals surface area contributed by atoms with Crippen LogP contribution in [0.1, 0.15) is 30.6 Å². The van der Waals surface area contributed by atoms with Crippen LogP contribution in [0.5, 0.6) is 0 Å². The topological polar surface area (TPSA) is 69.1 Å². The second kappa shape index (κ2) is 5.80. The molecule has 0 unspecified atom stereocenters. The quantitative estimate of drug-likeness (QED) is 0.611. The number of benzene rings is 1. The van der Waals surface area contributed by atoms with Crippen LogP contribution in [0, 0.1) is 5.92 Å². The third-order valence-electron chi connectivity index (χ3n) is 2.25. The van der Waals surface area contributed by atoms with Gasteiger partial charge in [-0.1, -0.05) is 13.8 Å². The van der Waals surface area contributed by atoms with Gasteiger partial charge in [-0.3, -0.25) is 4.79 Å². The fourth-order valence-corrected chi connectivity index (χ4v) is 2.44. The molecular weight excluding hydrogens is 220 g/mol. The number of nitrogen functional groups attached to an aromatic ring is 1. The van der Waals surface area contributed by atoms with E-state index in [1.165, 1.54) is 0 Å². The van der Waals surface area contributed by atoms with Crippen molar-refractivity contribution >= 4 is 23.4 Å². The molecule has 3 nitrogen and oxygen atoms in total. The van der Waals surface area contributed by atoms with Gasteiger partial charge in [0.15, 0.2) is 0 Å². The zero-order valence-corrected chi connectivity index (χ0v) is 10.5. The summed E-state index contributed by atoms with van der Waals surface area (Å²) in [5.74, 6) is 1.26. The second-order valence-electron chi connectivity index (χ2n) is 4.14. The first-order valence-corrected chi connectivity index (χ1v) is 6.31.